The number of piperazine rings is 1. The van der Waals surface area contributed by atoms with Gasteiger partial charge >= 0.3 is 12.2 Å². The Bertz CT molecular complexity index is 1650. The highest BCUT2D eigenvalue weighted by Gasteiger charge is 2.42. The predicted molar refractivity (Wildman–Crippen MR) is 194 cm³/mol. The maximum absolute atomic E-state index is 14.2. The highest BCUT2D eigenvalue weighted by atomic mass is 35.5. The van der Waals surface area contributed by atoms with Crippen molar-refractivity contribution in [2.24, 2.45) is 5.92 Å². The Balaban J connectivity index is 1.01. The quantitative estimate of drug-likeness (QED) is 0.372. The maximum Gasteiger partial charge on any atom is 0.418 e. The first kappa shape index (κ1) is 36.8. The van der Waals surface area contributed by atoms with Gasteiger partial charge in [0.1, 0.15) is 0 Å². The number of carbonyl (C=O) groups excluding carboxylic acids is 3. The molecule has 0 spiro atoms. The number of hydrogen-bond acceptors (Lipinski definition) is 6. The Labute approximate surface area is 308 Å². The summed E-state index contributed by atoms with van der Waals surface area (Å²) in [4.78, 5) is 51.6. The molecule has 4 saturated heterocycles. The summed E-state index contributed by atoms with van der Waals surface area (Å²) in [5.74, 6) is -1.32. The largest absolute Gasteiger partial charge is 0.418 e. The number of para-hydroxylation sites is 1. The summed E-state index contributed by atoms with van der Waals surface area (Å²) < 4.78 is 41.7. The van der Waals surface area contributed by atoms with E-state index in [4.69, 9.17) is 17.3 Å². The molecule has 52 heavy (non-hydrogen) atoms. The minimum absolute atomic E-state index is 0.0375. The second-order valence-corrected chi connectivity index (χ2v) is 15.7. The molecule has 14 heteroatoms. The highest BCUT2D eigenvalue weighted by Crippen LogP contribution is 2.39. The lowest BCUT2D eigenvalue weighted by Crippen LogP contribution is -2.56. The summed E-state index contributed by atoms with van der Waals surface area (Å²) in [6.07, 6.45) is 1.72. The van der Waals surface area contributed by atoms with Gasteiger partial charge in [-0.05, 0) is 87.7 Å². The third-order valence-corrected chi connectivity index (χ3v) is 12.7. The lowest BCUT2D eigenvalue weighted by Gasteiger charge is -2.45. The number of anilines is 2. The van der Waals surface area contributed by atoms with Crippen molar-refractivity contribution < 1.29 is 27.6 Å². The molecule has 10 nitrogen and oxygen atoms in total. The molecule has 5 aliphatic heterocycles. The third-order valence-electron chi connectivity index (χ3n) is 12.4. The van der Waals surface area contributed by atoms with Crippen molar-refractivity contribution >= 4 is 40.8 Å². The van der Waals surface area contributed by atoms with E-state index in [0.29, 0.717) is 63.7 Å². The summed E-state index contributed by atoms with van der Waals surface area (Å²) in [5, 5.41) is 2.79. The Morgan fingerprint density at radius 2 is 1.58 bits per heavy atom. The summed E-state index contributed by atoms with van der Waals surface area (Å²) in [5.41, 5.74) is 6.22. The SMILES string of the molecule is CN1C2CCC1CC(N1CCN(C(=O)C(CC(=O)N3CCC(N4CCc5ccccc5NC4=O)CC3)Cc3cc(Cl)c(N)c(C(F)(F)F)c3)CC1)C2. The molecule has 0 radical (unpaired) electrons. The number of alkyl halides is 3. The number of halogens is 4. The van der Waals surface area contributed by atoms with Gasteiger partial charge in [-0.2, -0.15) is 13.2 Å². The van der Waals surface area contributed by atoms with E-state index < -0.39 is 23.3 Å². The van der Waals surface area contributed by atoms with Crippen LogP contribution < -0.4 is 11.1 Å². The van der Waals surface area contributed by atoms with Gasteiger partial charge in [0, 0.05) is 82.1 Å². The van der Waals surface area contributed by atoms with Gasteiger partial charge in [0.15, 0.2) is 0 Å². The smallest absolute Gasteiger partial charge is 0.397 e. The van der Waals surface area contributed by atoms with Crippen LogP contribution in [-0.2, 0) is 28.6 Å². The lowest BCUT2D eigenvalue weighted by molar-refractivity contribution is -0.143. The summed E-state index contributed by atoms with van der Waals surface area (Å²) >= 11 is 6.18. The number of rotatable bonds is 7. The number of fused-ring (bicyclic) bond motifs is 3. The van der Waals surface area contributed by atoms with Crippen LogP contribution in [0.3, 0.4) is 0 Å². The molecule has 0 saturated carbocycles. The molecule has 4 amide bonds. The van der Waals surface area contributed by atoms with E-state index in [-0.39, 0.29) is 47.3 Å². The van der Waals surface area contributed by atoms with E-state index in [1.165, 1.54) is 18.9 Å². The number of amides is 4. The van der Waals surface area contributed by atoms with Crippen molar-refractivity contribution in [2.75, 3.05) is 63.9 Å². The van der Waals surface area contributed by atoms with E-state index in [1.807, 2.05) is 29.2 Å². The first-order valence-corrected chi connectivity index (χ1v) is 19.1. The van der Waals surface area contributed by atoms with Gasteiger partial charge in [0.25, 0.3) is 0 Å². The molecule has 0 aromatic heterocycles. The van der Waals surface area contributed by atoms with Gasteiger partial charge < -0.3 is 30.7 Å². The molecule has 3 N–H and O–H groups in total. The average Bonchev–Trinajstić information content (AvgIpc) is 3.27. The molecular formula is C38H49ClF3N7O3. The standard InChI is InChI=1S/C38H49ClF3N7O3/c1-45-28-6-7-29(45)23-30(22-28)46-14-16-48(17-15-46)36(51)26(18-24-19-31(38(40,41)42)35(43)32(39)20-24)21-34(50)47-11-9-27(10-12-47)49-13-8-25-4-2-3-5-33(25)44-37(49)52/h2-5,19-20,26-30H,6-18,21-23,43H2,1H3,(H,44,52). The topological polar surface area (TPSA) is 105 Å². The van der Waals surface area contributed by atoms with Crippen LogP contribution in [0.1, 0.15) is 61.6 Å². The highest BCUT2D eigenvalue weighted by molar-refractivity contribution is 6.33. The van der Waals surface area contributed by atoms with Crippen molar-refractivity contribution in [3.05, 3.63) is 58.1 Å². The summed E-state index contributed by atoms with van der Waals surface area (Å²) in [6, 6.07) is 11.6. The van der Waals surface area contributed by atoms with Crippen LogP contribution in [0.25, 0.3) is 0 Å². The van der Waals surface area contributed by atoms with Crippen LogP contribution in [0.5, 0.6) is 0 Å². The number of nitrogens with two attached hydrogens (primary N) is 1. The van der Waals surface area contributed by atoms with E-state index >= 15 is 0 Å². The maximum atomic E-state index is 14.2. The third kappa shape index (κ3) is 7.72. The van der Waals surface area contributed by atoms with Crippen molar-refractivity contribution in [3.63, 3.8) is 0 Å². The van der Waals surface area contributed by atoms with Gasteiger partial charge in [0.2, 0.25) is 11.8 Å². The Hall–Kier alpha value is -3.55. The van der Waals surface area contributed by atoms with Crippen LogP contribution in [0.2, 0.25) is 5.02 Å². The van der Waals surface area contributed by atoms with Crippen LogP contribution in [-0.4, -0.2) is 119 Å². The molecule has 0 aliphatic carbocycles. The Morgan fingerprint density at radius 3 is 2.25 bits per heavy atom. The zero-order valence-corrected chi connectivity index (χ0v) is 30.5. The zero-order chi connectivity index (χ0) is 36.7. The summed E-state index contributed by atoms with van der Waals surface area (Å²) in [6.45, 7) is 3.90. The molecule has 5 aliphatic rings. The number of benzene rings is 2. The van der Waals surface area contributed by atoms with E-state index in [1.54, 1.807) is 9.80 Å². The first-order valence-electron chi connectivity index (χ1n) is 18.7. The van der Waals surface area contributed by atoms with Crippen molar-refractivity contribution in [1.29, 1.82) is 0 Å². The molecular weight excluding hydrogens is 695 g/mol. The van der Waals surface area contributed by atoms with Crippen LogP contribution >= 0.6 is 11.6 Å². The van der Waals surface area contributed by atoms with Crippen LogP contribution in [0.4, 0.5) is 29.3 Å². The van der Waals surface area contributed by atoms with Crippen molar-refractivity contribution in [3.8, 4) is 0 Å². The monoisotopic (exact) mass is 743 g/mol. The van der Waals surface area contributed by atoms with Crippen molar-refractivity contribution in [1.82, 2.24) is 24.5 Å². The van der Waals surface area contributed by atoms with Gasteiger partial charge in [0.05, 0.1) is 22.2 Å². The van der Waals surface area contributed by atoms with Gasteiger partial charge in [-0.15, -0.1) is 0 Å². The van der Waals surface area contributed by atoms with E-state index in [2.05, 4.69) is 22.2 Å². The van der Waals surface area contributed by atoms with Crippen molar-refractivity contribution in [2.45, 2.75) is 88.1 Å². The van der Waals surface area contributed by atoms with Crippen LogP contribution in [0.15, 0.2) is 36.4 Å². The minimum atomic E-state index is -4.72. The Morgan fingerprint density at radius 1 is 0.904 bits per heavy atom. The second-order valence-electron chi connectivity index (χ2n) is 15.3. The first-order chi connectivity index (χ1) is 24.9. The number of hydrogen-bond donors (Lipinski definition) is 2. The number of piperidine rings is 2. The second kappa shape index (κ2) is 15.1. The van der Waals surface area contributed by atoms with E-state index in [9.17, 15) is 27.6 Å². The molecule has 5 heterocycles. The van der Waals surface area contributed by atoms with Gasteiger partial charge in [-0.25, -0.2) is 4.79 Å². The number of carbonyl (C=O) groups is 3. The molecule has 3 atom stereocenters. The fourth-order valence-electron chi connectivity index (χ4n) is 9.31. The number of nitrogen functional groups attached to an aromatic ring is 1. The predicted octanol–water partition coefficient (Wildman–Crippen LogP) is 5.34. The van der Waals surface area contributed by atoms with Gasteiger partial charge in [-0.3, -0.25) is 14.5 Å². The average molecular weight is 744 g/mol. The number of nitrogens with zero attached hydrogens (tertiary/aromatic N) is 5. The number of likely N-dealkylation sites (tertiary alicyclic amines) is 1. The number of nitrogens with one attached hydrogen (secondary N) is 1. The fraction of sp³-hybridized carbons (Fsp3) is 0.605. The zero-order valence-electron chi connectivity index (χ0n) is 29.7. The Kier molecular flexibility index (Phi) is 10.7. The molecule has 3 unspecified atom stereocenters. The van der Waals surface area contributed by atoms with Gasteiger partial charge in [-0.1, -0.05) is 29.8 Å². The number of urea groups is 1. The molecule has 4 fully saturated rings. The molecule has 2 aromatic carbocycles. The lowest BCUT2D eigenvalue weighted by atomic mass is 9.91. The normalized spacial score (nSPS) is 25.4. The molecule has 7 rings (SSSR count). The molecule has 2 aromatic rings. The fourth-order valence-corrected chi connectivity index (χ4v) is 9.55. The minimum Gasteiger partial charge on any atom is -0.397 e. The molecule has 2 bridgehead atoms. The van der Waals surface area contributed by atoms with E-state index in [0.717, 1.165) is 49.7 Å². The molecule has 282 valence electrons. The van der Waals surface area contributed by atoms with Crippen LogP contribution in [0, 0.1) is 5.92 Å². The summed E-state index contributed by atoms with van der Waals surface area (Å²) in [7, 11) is 2.22.